The normalized spacial score (nSPS) is 14.9. The maximum Gasteiger partial charge on any atom is 0.257 e. The lowest BCUT2D eigenvalue weighted by molar-refractivity contribution is 0.0726. The van der Waals surface area contributed by atoms with Gasteiger partial charge in [-0.1, -0.05) is 6.07 Å². The highest BCUT2D eigenvalue weighted by Crippen LogP contribution is 2.24. The molecule has 25 heavy (non-hydrogen) atoms. The van der Waals surface area contributed by atoms with Crippen LogP contribution in [-0.2, 0) is 0 Å². The monoisotopic (exact) mass is 342 g/mol. The lowest BCUT2D eigenvalue weighted by Crippen LogP contribution is -2.35. The molecule has 1 saturated heterocycles. The summed E-state index contributed by atoms with van der Waals surface area (Å²) in [6.45, 7) is 1.51. The quantitative estimate of drug-likeness (QED) is 0.672. The van der Waals surface area contributed by atoms with Crippen molar-refractivity contribution in [1.29, 1.82) is 0 Å². The highest BCUT2D eigenvalue weighted by atomic mass is 19.2. The largest absolute Gasteiger partial charge is 0.339 e. The summed E-state index contributed by atoms with van der Waals surface area (Å²) in [6, 6.07) is 6.36. The Labute approximate surface area is 142 Å². The first-order valence-electron chi connectivity index (χ1n) is 8.22. The first-order valence-corrected chi connectivity index (χ1v) is 8.22. The molecule has 0 saturated carbocycles. The van der Waals surface area contributed by atoms with Gasteiger partial charge in [0.25, 0.3) is 5.91 Å². The number of nitrogens with zero attached hydrogens (tertiary/aromatic N) is 4. The van der Waals surface area contributed by atoms with E-state index < -0.39 is 11.8 Å². The first kappa shape index (κ1) is 15.7. The molecule has 4 heterocycles. The average molecular weight is 342 g/mol. The van der Waals surface area contributed by atoms with E-state index in [2.05, 4.69) is 10.1 Å². The second-order valence-corrected chi connectivity index (χ2v) is 6.12. The fourth-order valence-corrected chi connectivity index (χ4v) is 3.22. The molecule has 7 heteroatoms. The van der Waals surface area contributed by atoms with E-state index in [4.69, 9.17) is 0 Å². The molecule has 0 radical (unpaired) electrons. The number of aromatic nitrogens is 3. The minimum absolute atomic E-state index is 0.0461. The number of rotatable bonds is 2. The highest BCUT2D eigenvalue weighted by Gasteiger charge is 2.22. The van der Waals surface area contributed by atoms with Gasteiger partial charge in [0.2, 0.25) is 5.95 Å². The van der Waals surface area contributed by atoms with Gasteiger partial charge in [-0.15, -0.1) is 0 Å². The van der Waals surface area contributed by atoms with E-state index >= 15 is 0 Å². The van der Waals surface area contributed by atoms with Crippen molar-refractivity contribution in [2.45, 2.75) is 19.3 Å². The van der Waals surface area contributed by atoms with Crippen LogP contribution in [0.25, 0.3) is 16.8 Å². The number of fused-ring (bicyclic) bond motifs is 1. The molecule has 4 rings (SSSR count). The van der Waals surface area contributed by atoms with Crippen LogP contribution in [0, 0.1) is 11.8 Å². The molecule has 0 atom stereocenters. The van der Waals surface area contributed by atoms with Crippen molar-refractivity contribution in [3.05, 3.63) is 54.0 Å². The maximum atomic E-state index is 13.5. The van der Waals surface area contributed by atoms with Gasteiger partial charge in [-0.05, 0) is 37.5 Å². The van der Waals surface area contributed by atoms with Gasteiger partial charge in [-0.3, -0.25) is 4.79 Å². The third-order valence-corrected chi connectivity index (χ3v) is 4.51. The number of carbonyl (C=O) groups excluding carboxylic acids is 1. The van der Waals surface area contributed by atoms with Crippen LogP contribution in [-0.4, -0.2) is 38.5 Å². The summed E-state index contributed by atoms with van der Waals surface area (Å²) >= 11 is 0. The van der Waals surface area contributed by atoms with Gasteiger partial charge in [0.05, 0.1) is 23.0 Å². The minimum atomic E-state index is -1.14. The van der Waals surface area contributed by atoms with E-state index in [-0.39, 0.29) is 5.91 Å². The van der Waals surface area contributed by atoms with Gasteiger partial charge in [0, 0.05) is 24.8 Å². The predicted octanol–water partition coefficient (Wildman–Crippen LogP) is 3.30. The Hall–Kier alpha value is -2.83. The second kappa shape index (κ2) is 6.23. The number of likely N-dealkylation sites (tertiary alicyclic amines) is 1. The zero-order chi connectivity index (χ0) is 17.4. The van der Waals surface area contributed by atoms with Gasteiger partial charge in [-0.25, -0.2) is 13.9 Å². The molecule has 5 nitrogen and oxygen atoms in total. The number of amides is 1. The smallest absolute Gasteiger partial charge is 0.257 e. The Balaban J connectivity index is 1.77. The third kappa shape index (κ3) is 2.75. The SMILES string of the molecule is O=C(c1cnn2c(-c3cnc(F)c(F)c3)cccc12)N1CCCCC1. The zero-order valence-corrected chi connectivity index (χ0v) is 13.5. The van der Waals surface area contributed by atoms with E-state index in [9.17, 15) is 13.6 Å². The van der Waals surface area contributed by atoms with E-state index in [0.29, 0.717) is 22.3 Å². The van der Waals surface area contributed by atoms with Crippen molar-refractivity contribution < 1.29 is 13.6 Å². The van der Waals surface area contributed by atoms with Crippen LogP contribution in [0.4, 0.5) is 8.78 Å². The number of hydrogen-bond donors (Lipinski definition) is 0. The molecule has 128 valence electrons. The molecule has 0 N–H and O–H groups in total. The summed E-state index contributed by atoms with van der Waals surface area (Å²) in [5.74, 6) is -2.21. The summed E-state index contributed by atoms with van der Waals surface area (Å²) in [7, 11) is 0. The van der Waals surface area contributed by atoms with Crippen molar-refractivity contribution in [2.75, 3.05) is 13.1 Å². The van der Waals surface area contributed by atoms with Crippen molar-refractivity contribution in [3.8, 4) is 11.3 Å². The number of carbonyl (C=O) groups is 1. The van der Waals surface area contributed by atoms with Gasteiger partial charge < -0.3 is 4.90 Å². The first-order chi connectivity index (χ1) is 12.1. The van der Waals surface area contributed by atoms with Crippen LogP contribution in [0.5, 0.6) is 0 Å². The lowest BCUT2D eigenvalue weighted by atomic mass is 10.1. The van der Waals surface area contributed by atoms with Crippen LogP contribution < -0.4 is 0 Å². The van der Waals surface area contributed by atoms with E-state index in [1.54, 1.807) is 22.7 Å². The number of piperidine rings is 1. The molecule has 3 aromatic rings. The van der Waals surface area contributed by atoms with E-state index in [0.717, 1.165) is 38.4 Å². The molecule has 0 unspecified atom stereocenters. The molecule has 1 aliphatic rings. The standard InChI is InChI=1S/C18H16F2N4O/c19-14-9-12(10-21-17(14)20)15-5-4-6-16-13(11-22-24(15)16)18(25)23-7-2-1-3-8-23/h4-6,9-11H,1-3,7-8H2. The topological polar surface area (TPSA) is 50.5 Å². The Kier molecular flexibility index (Phi) is 3.91. The Morgan fingerprint density at radius 1 is 1.08 bits per heavy atom. The third-order valence-electron chi connectivity index (χ3n) is 4.51. The van der Waals surface area contributed by atoms with Gasteiger partial charge in [0.15, 0.2) is 5.82 Å². The molecule has 1 amide bonds. The molecule has 0 aromatic carbocycles. The second-order valence-electron chi connectivity index (χ2n) is 6.12. The summed E-state index contributed by atoms with van der Waals surface area (Å²) in [5, 5.41) is 4.29. The van der Waals surface area contributed by atoms with Gasteiger partial charge in [0.1, 0.15) is 0 Å². The van der Waals surface area contributed by atoms with Crippen molar-refractivity contribution in [1.82, 2.24) is 19.5 Å². The molecule has 0 aliphatic carbocycles. The summed E-state index contributed by atoms with van der Waals surface area (Å²) in [6.07, 6.45) is 5.95. The lowest BCUT2D eigenvalue weighted by Gasteiger charge is -2.26. The Morgan fingerprint density at radius 2 is 1.88 bits per heavy atom. The van der Waals surface area contributed by atoms with E-state index in [1.807, 2.05) is 4.90 Å². The molecule has 0 spiro atoms. The fourth-order valence-electron chi connectivity index (χ4n) is 3.22. The van der Waals surface area contributed by atoms with Crippen molar-refractivity contribution in [3.63, 3.8) is 0 Å². The molecule has 1 aliphatic heterocycles. The van der Waals surface area contributed by atoms with Crippen molar-refractivity contribution in [2.24, 2.45) is 0 Å². The van der Waals surface area contributed by atoms with Gasteiger partial charge in [-0.2, -0.15) is 9.49 Å². The predicted molar refractivity (Wildman–Crippen MR) is 88.1 cm³/mol. The number of halogens is 2. The maximum absolute atomic E-state index is 13.5. The summed E-state index contributed by atoms with van der Waals surface area (Å²) < 4.78 is 28.2. The molecule has 1 fully saturated rings. The molecular weight excluding hydrogens is 326 g/mol. The van der Waals surface area contributed by atoms with Crippen LogP contribution >= 0.6 is 0 Å². The van der Waals surface area contributed by atoms with E-state index in [1.165, 1.54) is 12.4 Å². The zero-order valence-electron chi connectivity index (χ0n) is 13.5. The summed E-state index contributed by atoms with van der Waals surface area (Å²) in [5.41, 5.74) is 2.09. The van der Waals surface area contributed by atoms with Crippen LogP contribution in [0.1, 0.15) is 29.6 Å². The molecule has 0 bridgehead atoms. The van der Waals surface area contributed by atoms with Crippen LogP contribution in [0.15, 0.2) is 36.7 Å². The Bertz CT molecular complexity index is 947. The molecule has 3 aromatic heterocycles. The average Bonchev–Trinajstić information content (AvgIpc) is 3.08. The fraction of sp³-hybridized carbons (Fsp3) is 0.278. The highest BCUT2D eigenvalue weighted by molar-refractivity contribution is 6.01. The Morgan fingerprint density at radius 3 is 2.64 bits per heavy atom. The van der Waals surface area contributed by atoms with Crippen LogP contribution in [0.3, 0.4) is 0 Å². The number of hydrogen-bond acceptors (Lipinski definition) is 3. The number of pyridine rings is 2. The van der Waals surface area contributed by atoms with Crippen LogP contribution in [0.2, 0.25) is 0 Å². The van der Waals surface area contributed by atoms with Crippen molar-refractivity contribution >= 4 is 11.4 Å². The summed E-state index contributed by atoms with van der Waals surface area (Å²) in [4.78, 5) is 18.0. The molecular formula is C18H16F2N4O. The minimum Gasteiger partial charge on any atom is -0.339 e. The van der Waals surface area contributed by atoms with Gasteiger partial charge >= 0.3 is 0 Å².